The zero-order valence-electron chi connectivity index (χ0n) is 19.0. The monoisotopic (exact) mass is 486 g/mol. The highest BCUT2D eigenvalue weighted by atomic mass is 19.1. The van der Waals surface area contributed by atoms with Crippen LogP contribution in [-0.2, 0) is 19.2 Å². The van der Waals surface area contributed by atoms with Crippen LogP contribution in [0, 0.1) is 23.0 Å². The molecule has 0 aromatic heterocycles. The van der Waals surface area contributed by atoms with Crippen molar-refractivity contribution in [3.05, 3.63) is 75.9 Å². The van der Waals surface area contributed by atoms with Crippen LogP contribution in [0.5, 0.6) is 0 Å². The Bertz CT molecular complexity index is 1510. The minimum absolute atomic E-state index is 0.166. The van der Waals surface area contributed by atoms with Crippen molar-refractivity contribution in [3.8, 4) is 0 Å². The summed E-state index contributed by atoms with van der Waals surface area (Å²) in [5, 5.41) is 0. The minimum atomic E-state index is -1.68. The lowest BCUT2D eigenvalue weighted by Crippen LogP contribution is -2.48. The van der Waals surface area contributed by atoms with Crippen molar-refractivity contribution < 1.29 is 28.0 Å². The maximum atomic E-state index is 14.7. The standard InChI is InChI=1S/C28H20F2N2O4/c29-13-2-1-12-9-20-23(25(34)31(24(20)33)15-4-5-15)28-21(18(12)10-13)17-8-3-14(30)11-19(17)22(28)26(35)32(27(28)36)16-6-7-16/h1-3,8-11,15-16,21-23H,4-7H2/t21-,22-,23?,28-/m0/s1. The van der Waals surface area contributed by atoms with Gasteiger partial charge in [-0.15, -0.1) is 0 Å². The number of carbonyl (C=O) groups is 4. The summed E-state index contributed by atoms with van der Waals surface area (Å²) in [6.45, 7) is 0. The van der Waals surface area contributed by atoms with Crippen LogP contribution in [0.4, 0.5) is 8.78 Å². The number of hydrogen-bond acceptors (Lipinski definition) is 4. The molecule has 180 valence electrons. The summed E-state index contributed by atoms with van der Waals surface area (Å²) < 4.78 is 29.3. The van der Waals surface area contributed by atoms with Gasteiger partial charge in [-0.25, -0.2) is 8.78 Å². The van der Waals surface area contributed by atoms with E-state index in [1.807, 2.05) is 0 Å². The summed E-state index contributed by atoms with van der Waals surface area (Å²) in [5.74, 6) is -6.20. The summed E-state index contributed by atoms with van der Waals surface area (Å²) in [7, 11) is 0. The predicted octanol–water partition coefficient (Wildman–Crippen LogP) is 3.26. The van der Waals surface area contributed by atoms with Crippen LogP contribution in [0.3, 0.4) is 0 Å². The van der Waals surface area contributed by atoms with E-state index in [0.717, 1.165) is 0 Å². The van der Waals surface area contributed by atoms with Crippen molar-refractivity contribution in [2.45, 2.75) is 49.6 Å². The minimum Gasteiger partial charge on any atom is -0.278 e. The lowest BCUT2D eigenvalue weighted by molar-refractivity contribution is -0.149. The van der Waals surface area contributed by atoms with E-state index in [0.29, 0.717) is 47.9 Å². The fourth-order valence-electron chi connectivity index (χ4n) is 7.35. The van der Waals surface area contributed by atoms with Crippen LogP contribution in [0.1, 0.15) is 59.8 Å². The molecule has 2 saturated carbocycles. The fraction of sp³-hybridized carbons (Fsp3) is 0.357. The SMILES string of the molecule is O=C1C2=Cc3ccc(F)cc3[C@@H]3c4ccc(F)cc4[C@H]4C(=O)N(C5CC5)C(=O)[C@@]34C2C(=O)N1C1CC1. The summed E-state index contributed by atoms with van der Waals surface area (Å²) in [6, 6.07) is 7.72. The second-order valence-corrected chi connectivity index (χ2v) is 10.9. The zero-order chi connectivity index (χ0) is 24.7. The molecule has 2 aliphatic heterocycles. The molecular formula is C28H20F2N2O4. The van der Waals surface area contributed by atoms with Crippen molar-refractivity contribution in [2.24, 2.45) is 11.3 Å². The molecule has 0 bridgehead atoms. The van der Waals surface area contributed by atoms with E-state index in [9.17, 15) is 28.0 Å². The Labute approximate surface area is 204 Å². The van der Waals surface area contributed by atoms with Crippen LogP contribution < -0.4 is 0 Å². The van der Waals surface area contributed by atoms with Gasteiger partial charge in [0.15, 0.2) is 0 Å². The number of imide groups is 2. The van der Waals surface area contributed by atoms with Gasteiger partial charge in [0.25, 0.3) is 5.91 Å². The van der Waals surface area contributed by atoms with Gasteiger partial charge < -0.3 is 0 Å². The lowest BCUT2D eigenvalue weighted by Gasteiger charge is -2.37. The Kier molecular flexibility index (Phi) is 3.62. The number of rotatable bonds is 2. The molecule has 2 aromatic carbocycles. The Hall–Kier alpha value is -3.68. The van der Waals surface area contributed by atoms with Gasteiger partial charge in [-0.2, -0.15) is 0 Å². The molecule has 4 fully saturated rings. The summed E-state index contributed by atoms with van der Waals surface area (Å²) in [4.78, 5) is 58.8. The lowest BCUT2D eigenvalue weighted by atomic mass is 9.60. The van der Waals surface area contributed by atoms with E-state index in [2.05, 4.69) is 0 Å². The Morgan fingerprint density at radius 1 is 0.694 bits per heavy atom. The molecule has 1 unspecified atom stereocenters. The molecule has 2 saturated heterocycles. The van der Waals surface area contributed by atoms with Crippen molar-refractivity contribution in [1.29, 1.82) is 0 Å². The molecule has 36 heavy (non-hydrogen) atoms. The number of amides is 4. The van der Waals surface area contributed by atoms with Crippen LogP contribution in [0.2, 0.25) is 0 Å². The van der Waals surface area contributed by atoms with Gasteiger partial charge in [0.1, 0.15) is 11.6 Å². The molecule has 2 aromatic rings. The smallest absolute Gasteiger partial charge is 0.257 e. The first-order chi connectivity index (χ1) is 17.3. The molecule has 1 spiro atoms. The molecule has 8 rings (SSSR count). The largest absolute Gasteiger partial charge is 0.278 e. The van der Waals surface area contributed by atoms with Gasteiger partial charge in [0.2, 0.25) is 17.7 Å². The second-order valence-electron chi connectivity index (χ2n) is 10.9. The molecule has 8 heteroatoms. The fourth-order valence-corrected chi connectivity index (χ4v) is 7.35. The van der Waals surface area contributed by atoms with Crippen LogP contribution in [0.25, 0.3) is 6.08 Å². The Morgan fingerprint density at radius 3 is 2.00 bits per heavy atom. The first-order valence-electron chi connectivity index (χ1n) is 12.4. The Morgan fingerprint density at radius 2 is 1.31 bits per heavy atom. The van der Waals surface area contributed by atoms with Crippen molar-refractivity contribution in [2.75, 3.05) is 0 Å². The van der Waals surface area contributed by atoms with E-state index in [4.69, 9.17) is 0 Å². The van der Waals surface area contributed by atoms with E-state index in [-0.39, 0.29) is 17.7 Å². The number of hydrogen-bond donors (Lipinski definition) is 0. The van der Waals surface area contributed by atoms with Crippen LogP contribution in [0.15, 0.2) is 42.0 Å². The summed E-state index contributed by atoms with van der Waals surface area (Å²) in [5.41, 5.74) is 0.326. The normalized spacial score (nSPS) is 32.2. The predicted molar refractivity (Wildman–Crippen MR) is 121 cm³/mol. The topological polar surface area (TPSA) is 74.8 Å². The van der Waals surface area contributed by atoms with Crippen molar-refractivity contribution >= 4 is 29.7 Å². The molecule has 2 heterocycles. The number of carbonyl (C=O) groups excluding carboxylic acids is 4. The highest BCUT2D eigenvalue weighted by Gasteiger charge is 2.77. The van der Waals surface area contributed by atoms with E-state index < -0.39 is 58.4 Å². The molecule has 0 radical (unpaired) electrons. The average molecular weight is 486 g/mol. The van der Waals surface area contributed by atoms with Gasteiger partial charge in [-0.3, -0.25) is 29.0 Å². The van der Waals surface area contributed by atoms with Gasteiger partial charge in [-0.1, -0.05) is 12.1 Å². The van der Waals surface area contributed by atoms with E-state index in [1.165, 1.54) is 40.1 Å². The van der Waals surface area contributed by atoms with Gasteiger partial charge >= 0.3 is 0 Å². The van der Waals surface area contributed by atoms with Crippen molar-refractivity contribution in [1.82, 2.24) is 9.80 Å². The zero-order valence-corrected chi connectivity index (χ0v) is 19.0. The number of nitrogens with zero attached hydrogens (tertiary/aromatic N) is 2. The number of halogens is 2. The molecule has 0 N–H and O–H groups in total. The van der Waals surface area contributed by atoms with Crippen LogP contribution >= 0.6 is 0 Å². The summed E-state index contributed by atoms with van der Waals surface area (Å²) >= 11 is 0. The molecule has 4 amide bonds. The molecule has 4 aliphatic carbocycles. The maximum Gasteiger partial charge on any atom is 0.257 e. The number of likely N-dealkylation sites (tertiary alicyclic amines) is 2. The summed E-state index contributed by atoms with van der Waals surface area (Å²) in [6.07, 6.45) is 4.34. The molecule has 4 atom stereocenters. The van der Waals surface area contributed by atoms with Gasteiger partial charge in [0, 0.05) is 23.6 Å². The molecular weight excluding hydrogens is 466 g/mol. The first-order valence-corrected chi connectivity index (χ1v) is 12.4. The van der Waals surface area contributed by atoms with E-state index in [1.54, 1.807) is 12.1 Å². The van der Waals surface area contributed by atoms with E-state index >= 15 is 0 Å². The van der Waals surface area contributed by atoms with Gasteiger partial charge in [-0.05, 0) is 78.3 Å². The van der Waals surface area contributed by atoms with Crippen LogP contribution in [-0.4, -0.2) is 45.5 Å². The molecule has 6 aliphatic rings. The third-order valence-electron chi connectivity index (χ3n) is 8.93. The second kappa shape index (κ2) is 6.35. The molecule has 6 nitrogen and oxygen atoms in total. The van der Waals surface area contributed by atoms with Crippen molar-refractivity contribution in [3.63, 3.8) is 0 Å². The maximum absolute atomic E-state index is 14.7. The number of benzene rings is 2. The van der Waals surface area contributed by atoms with Gasteiger partial charge in [0.05, 0.1) is 17.3 Å². The highest BCUT2D eigenvalue weighted by Crippen LogP contribution is 2.70. The average Bonchev–Trinajstić information content (AvgIpc) is 3.76. The quantitative estimate of drug-likeness (QED) is 0.611. The third-order valence-corrected chi connectivity index (χ3v) is 8.93. The first kappa shape index (κ1) is 20.5. The number of fused-ring (bicyclic) bond motifs is 6. The Balaban J connectivity index is 1.50. The third kappa shape index (κ3) is 2.22. The highest BCUT2D eigenvalue weighted by molar-refractivity contribution is 6.23.